The number of aromatic amines is 1. The number of aryl methyl sites for hydroxylation is 1. The van der Waals surface area contributed by atoms with E-state index in [2.05, 4.69) is 32.0 Å². The Bertz CT molecular complexity index is 1200. The van der Waals surface area contributed by atoms with Crippen molar-refractivity contribution in [2.45, 2.75) is 19.4 Å². The van der Waals surface area contributed by atoms with Gasteiger partial charge in [-0.2, -0.15) is 0 Å². The number of H-pyrrole nitrogens is 1. The van der Waals surface area contributed by atoms with E-state index in [1.807, 2.05) is 49.5 Å². The predicted molar refractivity (Wildman–Crippen MR) is 120 cm³/mol. The molecule has 4 rings (SSSR count). The summed E-state index contributed by atoms with van der Waals surface area (Å²) in [5.74, 6) is 0.881. The molecule has 0 saturated heterocycles. The van der Waals surface area contributed by atoms with Gasteiger partial charge in [-0.25, -0.2) is 9.97 Å². The van der Waals surface area contributed by atoms with E-state index < -0.39 is 5.97 Å². The van der Waals surface area contributed by atoms with E-state index in [1.54, 1.807) is 13.4 Å². The number of nitrogens with one attached hydrogen (secondary N) is 1. The van der Waals surface area contributed by atoms with Crippen LogP contribution in [0.15, 0.2) is 60.9 Å². The summed E-state index contributed by atoms with van der Waals surface area (Å²) in [4.78, 5) is 25.1. The van der Waals surface area contributed by atoms with Crippen LogP contribution in [0.25, 0.3) is 22.3 Å². The summed E-state index contributed by atoms with van der Waals surface area (Å²) in [6.07, 6.45) is 2.21. The molecule has 0 aliphatic heterocycles. The summed E-state index contributed by atoms with van der Waals surface area (Å²) < 4.78 is 5.32. The van der Waals surface area contributed by atoms with Gasteiger partial charge in [0.2, 0.25) is 0 Å². The van der Waals surface area contributed by atoms with Crippen molar-refractivity contribution in [1.29, 1.82) is 0 Å². The summed E-state index contributed by atoms with van der Waals surface area (Å²) >= 11 is 0. The lowest BCUT2D eigenvalue weighted by Gasteiger charge is -2.19. The first-order valence-corrected chi connectivity index (χ1v) is 10.0. The highest BCUT2D eigenvalue weighted by atomic mass is 16.5. The van der Waals surface area contributed by atoms with E-state index >= 15 is 0 Å². The molecule has 0 aliphatic carbocycles. The normalized spacial score (nSPS) is 10.9. The van der Waals surface area contributed by atoms with E-state index in [1.165, 1.54) is 0 Å². The number of ether oxygens (including phenoxy) is 1. The number of fused-ring (bicyclic) bond motifs is 1. The first-order chi connectivity index (χ1) is 15.0. The summed E-state index contributed by atoms with van der Waals surface area (Å²) in [6.45, 7) is 0.683. The lowest BCUT2D eigenvalue weighted by Crippen LogP contribution is -2.18. The summed E-state index contributed by atoms with van der Waals surface area (Å²) in [6, 6.07) is 18.0. The Kier molecular flexibility index (Phi) is 5.84. The number of anilines is 1. The summed E-state index contributed by atoms with van der Waals surface area (Å²) in [5, 5.41) is 9.79. The lowest BCUT2D eigenvalue weighted by atomic mass is 10.1. The van der Waals surface area contributed by atoms with E-state index in [-0.39, 0.29) is 6.42 Å². The molecule has 2 aromatic heterocycles. The minimum absolute atomic E-state index is 0.129. The maximum Gasteiger partial charge on any atom is 0.303 e. The van der Waals surface area contributed by atoms with Crippen LogP contribution < -0.4 is 9.64 Å². The quantitative estimate of drug-likeness (QED) is 0.445. The average Bonchev–Trinajstić information content (AvgIpc) is 3.22. The van der Waals surface area contributed by atoms with Gasteiger partial charge in [0, 0.05) is 25.7 Å². The molecule has 0 saturated carbocycles. The Balaban J connectivity index is 1.58. The molecule has 0 fully saturated rings. The zero-order valence-electron chi connectivity index (χ0n) is 17.5. The number of carboxylic acid groups (broad SMARTS) is 1. The van der Waals surface area contributed by atoms with Gasteiger partial charge in [-0.1, -0.05) is 36.4 Å². The van der Waals surface area contributed by atoms with Crippen LogP contribution in [0.4, 0.5) is 5.82 Å². The van der Waals surface area contributed by atoms with E-state index in [9.17, 15) is 4.79 Å². The van der Waals surface area contributed by atoms with Crippen LogP contribution in [0.5, 0.6) is 5.75 Å². The van der Waals surface area contributed by atoms with Crippen molar-refractivity contribution in [3.05, 3.63) is 72.1 Å². The number of benzene rings is 2. The van der Waals surface area contributed by atoms with Crippen LogP contribution in [0.1, 0.15) is 17.5 Å². The van der Waals surface area contributed by atoms with Crippen LogP contribution >= 0.6 is 0 Å². The molecular formula is C24H24N4O3. The zero-order chi connectivity index (χ0) is 21.8. The number of carboxylic acids is 1. The van der Waals surface area contributed by atoms with Crippen molar-refractivity contribution in [2.75, 3.05) is 19.1 Å². The largest absolute Gasteiger partial charge is 0.497 e. The SMILES string of the molecule is COc1cccc(CN(C)c2ncnc3[nH]c(-c4ccc(CCC(=O)O)cc4)cc23)c1. The highest BCUT2D eigenvalue weighted by Gasteiger charge is 2.13. The molecular weight excluding hydrogens is 392 g/mol. The minimum atomic E-state index is -0.788. The number of nitrogens with zero attached hydrogens (tertiary/aromatic N) is 3. The van der Waals surface area contributed by atoms with Gasteiger partial charge >= 0.3 is 5.97 Å². The van der Waals surface area contributed by atoms with Crippen LogP contribution in [0.3, 0.4) is 0 Å². The summed E-state index contributed by atoms with van der Waals surface area (Å²) in [5.41, 5.74) is 4.85. The molecule has 0 amide bonds. The number of aliphatic carboxylic acids is 1. The first kappa shape index (κ1) is 20.4. The van der Waals surface area contributed by atoms with Gasteiger partial charge in [-0.15, -0.1) is 0 Å². The Morgan fingerprint density at radius 3 is 2.65 bits per heavy atom. The molecule has 7 heteroatoms. The van der Waals surface area contributed by atoms with Crippen molar-refractivity contribution < 1.29 is 14.6 Å². The third kappa shape index (κ3) is 4.66. The fraction of sp³-hybridized carbons (Fsp3) is 0.208. The smallest absolute Gasteiger partial charge is 0.303 e. The van der Waals surface area contributed by atoms with E-state index in [0.29, 0.717) is 13.0 Å². The third-order valence-electron chi connectivity index (χ3n) is 5.21. The van der Waals surface area contributed by atoms with Gasteiger partial charge in [-0.3, -0.25) is 4.79 Å². The maximum atomic E-state index is 10.8. The molecule has 31 heavy (non-hydrogen) atoms. The lowest BCUT2D eigenvalue weighted by molar-refractivity contribution is -0.136. The maximum absolute atomic E-state index is 10.8. The Hall–Kier alpha value is -3.87. The second kappa shape index (κ2) is 8.87. The highest BCUT2D eigenvalue weighted by molar-refractivity contribution is 5.91. The summed E-state index contributed by atoms with van der Waals surface area (Å²) in [7, 11) is 3.67. The molecule has 0 unspecified atom stereocenters. The Labute approximate surface area is 180 Å². The molecule has 158 valence electrons. The van der Waals surface area contributed by atoms with Crippen LogP contribution in [-0.2, 0) is 17.8 Å². The number of rotatable bonds is 8. The van der Waals surface area contributed by atoms with Crippen LogP contribution in [-0.4, -0.2) is 40.2 Å². The molecule has 4 aromatic rings. The van der Waals surface area contributed by atoms with Crippen molar-refractivity contribution in [3.8, 4) is 17.0 Å². The monoisotopic (exact) mass is 416 g/mol. The van der Waals surface area contributed by atoms with Crippen molar-refractivity contribution in [1.82, 2.24) is 15.0 Å². The second-order valence-electron chi connectivity index (χ2n) is 7.44. The van der Waals surface area contributed by atoms with Gasteiger partial charge in [0.25, 0.3) is 0 Å². The van der Waals surface area contributed by atoms with E-state index in [0.717, 1.165) is 45.0 Å². The number of hydrogen-bond donors (Lipinski definition) is 2. The molecule has 0 aliphatic rings. The van der Waals surface area contributed by atoms with Gasteiger partial charge in [0.1, 0.15) is 23.5 Å². The van der Waals surface area contributed by atoms with Crippen molar-refractivity contribution in [3.63, 3.8) is 0 Å². The number of methoxy groups -OCH3 is 1. The van der Waals surface area contributed by atoms with Gasteiger partial charge in [0.15, 0.2) is 0 Å². The predicted octanol–water partition coefficient (Wildman–Crippen LogP) is 4.29. The molecule has 0 spiro atoms. The Morgan fingerprint density at radius 2 is 1.90 bits per heavy atom. The van der Waals surface area contributed by atoms with Crippen molar-refractivity contribution >= 4 is 22.8 Å². The van der Waals surface area contributed by atoms with Crippen LogP contribution in [0.2, 0.25) is 0 Å². The first-order valence-electron chi connectivity index (χ1n) is 10.0. The second-order valence-corrected chi connectivity index (χ2v) is 7.44. The molecule has 2 heterocycles. The van der Waals surface area contributed by atoms with Gasteiger partial charge in [0.05, 0.1) is 12.5 Å². The fourth-order valence-corrected chi connectivity index (χ4v) is 3.61. The minimum Gasteiger partial charge on any atom is -0.497 e. The molecule has 2 aromatic carbocycles. The van der Waals surface area contributed by atoms with Gasteiger partial charge < -0.3 is 19.7 Å². The molecule has 0 radical (unpaired) electrons. The topological polar surface area (TPSA) is 91.3 Å². The van der Waals surface area contributed by atoms with E-state index in [4.69, 9.17) is 9.84 Å². The van der Waals surface area contributed by atoms with Gasteiger partial charge in [-0.05, 0) is 41.3 Å². The molecule has 2 N–H and O–H groups in total. The Morgan fingerprint density at radius 1 is 1.10 bits per heavy atom. The highest BCUT2D eigenvalue weighted by Crippen LogP contribution is 2.29. The molecule has 0 bridgehead atoms. The molecule has 0 atom stereocenters. The van der Waals surface area contributed by atoms with Crippen molar-refractivity contribution in [2.24, 2.45) is 0 Å². The molecule has 7 nitrogen and oxygen atoms in total. The number of aromatic nitrogens is 3. The zero-order valence-corrected chi connectivity index (χ0v) is 17.5. The standard InChI is InChI=1S/C24H24N4O3/c1-28(14-17-4-3-5-19(12-17)31-2)24-20-13-21(27-23(20)25-15-26-24)18-9-6-16(7-10-18)8-11-22(29)30/h3-7,9-10,12-13,15H,8,11,14H2,1-2H3,(H,29,30)(H,25,26,27). The third-order valence-corrected chi connectivity index (χ3v) is 5.21. The fourth-order valence-electron chi connectivity index (χ4n) is 3.61. The number of carbonyl (C=O) groups is 1. The number of hydrogen-bond acceptors (Lipinski definition) is 5. The average molecular weight is 416 g/mol. The van der Waals surface area contributed by atoms with Crippen LogP contribution in [0, 0.1) is 0 Å².